The molecule has 2 heterocycles. The van der Waals surface area contributed by atoms with Crippen molar-refractivity contribution >= 4 is 67.6 Å². The first-order valence-electron chi connectivity index (χ1n) is 14.8. The number of benzene rings is 6. The topological polar surface area (TPSA) is 57.4 Å². The van der Waals surface area contributed by atoms with Gasteiger partial charge in [0.1, 0.15) is 6.07 Å². The van der Waals surface area contributed by atoms with Crippen molar-refractivity contribution < 1.29 is 0 Å². The van der Waals surface area contributed by atoms with Crippen molar-refractivity contribution in [1.29, 1.82) is 10.5 Å². The summed E-state index contributed by atoms with van der Waals surface area (Å²) in [5.74, 6) is 0. The Morgan fingerprint density at radius 3 is 1.75 bits per heavy atom. The SMILES string of the molecule is C[Si](C)(C)c1c(C#N)ccc(C#N)c1-n1c2ccc(-n3c4ccccc4c4ccccc43)cc2c2c3ccccc3ccc21. The molecule has 0 aliphatic carbocycles. The smallest absolute Gasteiger partial charge is 0.101 e. The molecular weight excluding hydrogens is 553 g/mol. The van der Waals surface area contributed by atoms with Gasteiger partial charge in [-0.1, -0.05) is 86.4 Å². The van der Waals surface area contributed by atoms with Crippen molar-refractivity contribution in [2.45, 2.75) is 19.6 Å². The first-order valence-corrected chi connectivity index (χ1v) is 18.3. The second-order valence-electron chi connectivity index (χ2n) is 12.4. The molecule has 0 aliphatic rings. The van der Waals surface area contributed by atoms with E-state index in [0.29, 0.717) is 11.1 Å². The van der Waals surface area contributed by atoms with E-state index < -0.39 is 8.07 Å². The number of para-hydroxylation sites is 2. The van der Waals surface area contributed by atoms with Crippen LogP contribution in [0.2, 0.25) is 19.6 Å². The molecule has 0 saturated heterocycles. The van der Waals surface area contributed by atoms with Crippen LogP contribution in [0.3, 0.4) is 0 Å². The van der Waals surface area contributed by atoms with Crippen LogP contribution in [0.4, 0.5) is 0 Å². The van der Waals surface area contributed by atoms with E-state index in [0.717, 1.165) is 60.2 Å². The van der Waals surface area contributed by atoms with Crippen LogP contribution in [0.25, 0.3) is 65.8 Å². The predicted molar refractivity (Wildman–Crippen MR) is 185 cm³/mol. The maximum atomic E-state index is 10.4. The maximum absolute atomic E-state index is 10.4. The highest BCUT2D eigenvalue weighted by molar-refractivity contribution is 6.90. The highest BCUT2D eigenvalue weighted by atomic mass is 28.3. The van der Waals surface area contributed by atoms with Gasteiger partial charge in [0.15, 0.2) is 0 Å². The molecule has 0 N–H and O–H groups in total. The van der Waals surface area contributed by atoms with Crippen LogP contribution in [0.1, 0.15) is 11.1 Å². The molecule has 0 fully saturated rings. The molecule has 2 aromatic heterocycles. The van der Waals surface area contributed by atoms with E-state index in [2.05, 4.69) is 144 Å². The Balaban J connectivity index is 1.57. The highest BCUT2D eigenvalue weighted by Crippen LogP contribution is 2.40. The summed E-state index contributed by atoms with van der Waals surface area (Å²) >= 11 is 0. The lowest BCUT2D eigenvalue weighted by Gasteiger charge is -2.25. The quantitative estimate of drug-likeness (QED) is 0.196. The number of hydrogen-bond acceptors (Lipinski definition) is 2. The van der Waals surface area contributed by atoms with Crippen LogP contribution in [-0.4, -0.2) is 17.2 Å². The Kier molecular flexibility index (Phi) is 5.59. The molecule has 8 aromatic rings. The van der Waals surface area contributed by atoms with Gasteiger partial charge in [0.2, 0.25) is 0 Å². The zero-order valence-electron chi connectivity index (χ0n) is 24.8. The summed E-state index contributed by atoms with van der Waals surface area (Å²) in [6.45, 7) is 6.74. The highest BCUT2D eigenvalue weighted by Gasteiger charge is 2.29. The lowest BCUT2D eigenvalue weighted by atomic mass is 10.0. The molecule has 0 amide bonds. The molecule has 8 rings (SSSR count). The van der Waals surface area contributed by atoms with Gasteiger partial charge in [-0.05, 0) is 64.5 Å². The Labute approximate surface area is 256 Å². The average molecular weight is 581 g/mol. The predicted octanol–water partition coefficient (Wildman–Crippen LogP) is 9.32. The Hall–Kier alpha value is -5.62. The van der Waals surface area contributed by atoms with Crippen LogP contribution >= 0.6 is 0 Å². The van der Waals surface area contributed by atoms with Crippen molar-refractivity contribution in [1.82, 2.24) is 9.13 Å². The van der Waals surface area contributed by atoms with Gasteiger partial charge in [-0.3, -0.25) is 0 Å². The van der Waals surface area contributed by atoms with Gasteiger partial charge in [0.05, 0.1) is 53.0 Å². The van der Waals surface area contributed by atoms with Gasteiger partial charge in [0.25, 0.3) is 0 Å². The zero-order chi connectivity index (χ0) is 30.2. The van der Waals surface area contributed by atoms with Crippen LogP contribution in [0, 0.1) is 22.7 Å². The summed E-state index contributed by atoms with van der Waals surface area (Å²) in [4.78, 5) is 0. The van der Waals surface area contributed by atoms with Crippen molar-refractivity contribution in [3.63, 3.8) is 0 Å². The zero-order valence-corrected chi connectivity index (χ0v) is 25.8. The third kappa shape index (κ3) is 3.61. The molecule has 4 nitrogen and oxygen atoms in total. The van der Waals surface area contributed by atoms with E-state index >= 15 is 0 Å². The Morgan fingerprint density at radius 2 is 1.09 bits per heavy atom. The fourth-order valence-electron chi connectivity index (χ4n) is 7.13. The number of rotatable bonds is 3. The molecule has 0 saturated carbocycles. The van der Waals surface area contributed by atoms with Gasteiger partial charge in [-0.15, -0.1) is 0 Å². The van der Waals surface area contributed by atoms with Gasteiger partial charge >= 0.3 is 0 Å². The molecule has 0 bridgehead atoms. The molecule has 6 aromatic carbocycles. The van der Waals surface area contributed by atoms with Gasteiger partial charge in [-0.2, -0.15) is 10.5 Å². The van der Waals surface area contributed by atoms with Gasteiger partial charge < -0.3 is 9.13 Å². The minimum atomic E-state index is -2.09. The number of nitrogens with zero attached hydrogens (tertiary/aromatic N) is 4. The van der Waals surface area contributed by atoms with Crippen molar-refractivity contribution in [2.75, 3.05) is 0 Å². The molecule has 0 atom stereocenters. The molecular formula is C39H28N4Si. The standard InChI is InChI=1S/C39H28N4Si/c1-44(2,3)39-27(24-41)17-16-26(23-40)38(39)43-35-21-19-28(22-32(35)37-29-11-5-4-10-25(29)18-20-36(37)43)42-33-14-8-6-12-30(33)31-13-7-9-15-34(31)42/h4-22H,1-3H3. The molecule has 0 unspecified atom stereocenters. The second-order valence-corrected chi connectivity index (χ2v) is 17.4. The minimum absolute atomic E-state index is 0.583. The van der Waals surface area contributed by atoms with Crippen molar-refractivity contribution in [2.24, 2.45) is 0 Å². The van der Waals surface area contributed by atoms with Crippen LogP contribution in [-0.2, 0) is 0 Å². The Bertz CT molecular complexity index is 2510. The maximum Gasteiger partial charge on any atom is 0.101 e. The lowest BCUT2D eigenvalue weighted by molar-refractivity contribution is 1.16. The summed E-state index contributed by atoms with van der Waals surface area (Å²) in [5, 5.41) is 28.7. The number of nitriles is 2. The average Bonchev–Trinajstić information content (AvgIpc) is 3.56. The first-order chi connectivity index (χ1) is 21.4. The largest absolute Gasteiger partial charge is 0.309 e. The molecule has 208 valence electrons. The van der Waals surface area contributed by atoms with E-state index in [1.807, 2.05) is 12.1 Å². The van der Waals surface area contributed by atoms with Crippen LogP contribution in [0.15, 0.2) is 115 Å². The first kappa shape index (κ1) is 26.0. The molecule has 44 heavy (non-hydrogen) atoms. The molecule has 0 spiro atoms. The fraction of sp³-hybridized carbons (Fsp3) is 0.0769. The van der Waals surface area contributed by atoms with Crippen molar-refractivity contribution in [3.05, 3.63) is 126 Å². The monoisotopic (exact) mass is 580 g/mol. The van der Waals surface area contributed by atoms with E-state index in [-0.39, 0.29) is 0 Å². The number of aromatic nitrogens is 2. The minimum Gasteiger partial charge on any atom is -0.309 e. The molecule has 0 aliphatic heterocycles. The van der Waals surface area contributed by atoms with E-state index in [4.69, 9.17) is 0 Å². The summed E-state index contributed by atoms with van der Waals surface area (Å²) in [6, 6.07) is 45.2. The van der Waals surface area contributed by atoms with E-state index in [1.165, 1.54) is 10.8 Å². The van der Waals surface area contributed by atoms with E-state index in [1.54, 1.807) is 0 Å². The summed E-state index contributed by atoms with van der Waals surface area (Å²) < 4.78 is 4.60. The summed E-state index contributed by atoms with van der Waals surface area (Å²) in [5.41, 5.74) is 7.53. The molecule has 5 heteroatoms. The fourth-order valence-corrected chi connectivity index (χ4v) is 9.03. The Morgan fingerprint density at radius 1 is 0.523 bits per heavy atom. The van der Waals surface area contributed by atoms with Gasteiger partial charge in [0, 0.05) is 27.2 Å². The third-order valence-corrected chi connectivity index (χ3v) is 10.9. The normalized spacial score (nSPS) is 11.9. The number of hydrogen-bond donors (Lipinski definition) is 0. The summed E-state index contributed by atoms with van der Waals surface area (Å²) in [7, 11) is -2.09. The van der Waals surface area contributed by atoms with Gasteiger partial charge in [-0.25, -0.2) is 0 Å². The molecule has 0 radical (unpaired) electrons. The number of fused-ring (bicyclic) bond motifs is 8. The van der Waals surface area contributed by atoms with Crippen LogP contribution < -0.4 is 5.19 Å². The second kappa shape index (κ2) is 9.44. The lowest BCUT2D eigenvalue weighted by Crippen LogP contribution is -2.42. The van der Waals surface area contributed by atoms with E-state index in [9.17, 15) is 10.5 Å². The third-order valence-electron chi connectivity index (χ3n) is 8.87. The van der Waals surface area contributed by atoms with Crippen LogP contribution in [0.5, 0.6) is 0 Å². The summed E-state index contributed by atoms with van der Waals surface area (Å²) in [6.07, 6.45) is 0. The van der Waals surface area contributed by atoms with Crippen molar-refractivity contribution in [3.8, 4) is 23.5 Å².